The summed E-state index contributed by atoms with van der Waals surface area (Å²) in [7, 11) is 0. The van der Waals surface area contributed by atoms with Gasteiger partial charge in [0.2, 0.25) is 0 Å². The van der Waals surface area contributed by atoms with Crippen LogP contribution in [0.5, 0.6) is 5.75 Å². The number of benzene rings is 2. The van der Waals surface area contributed by atoms with E-state index in [1.165, 1.54) is 18.2 Å². The lowest BCUT2D eigenvalue weighted by atomic mass is 9.96. The third-order valence-electron chi connectivity index (χ3n) is 3.23. The Morgan fingerprint density at radius 3 is 2.36 bits per heavy atom. The lowest BCUT2D eigenvalue weighted by Gasteiger charge is -2.10. The Morgan fingerprint density at radius 1 is 1.00 bits per heavy atom. The summed E-state index contributed by atoms with van der Waals surface area (Å²) in [5.74, 6) is -2.34. The summed E-state index contributed by atoms with van der Waals surface area (Å²) in [6.45, 7) is 0.282. The number of nitrogens with zero attached hydrogens (tertiary/aromatic N) is 1. The molecule has 0 spiro atoms. The topological polar surface area (TPSA) is 33.0 Å². The van der Waals surface area contributed by atoms with Crippen molar-refractivity contribution >= 4 is 0 Å². The van der Waals surface area contributed by atoms with Gasteiger partial charge in [-0.25, -0.2) is 13.2 Å². The molecule has 22 heavy (non-hydrogen) atoms. The van der Waals surface area contributed by atoms with Crippen LogP contribution in [0.15, 0.2) is 42.5 Å². The van der Waals surface area contributed by atoms with Crippen molar-refractivity contribution in [2.24, 2.45) is 0 Å². The van der Waals surface area contributed by atoms with Gasteiger partial charge in [-0.2, -0.15) is 5.26 Å². The zero-order valence-corrected chi connectivity index (χ0v) is 11.7. The Morgan fingerprint density at radius 2 is 1.73 bits per heavy atom. The highest BCUT2D eigenvalue weighted by molar-refractivity contribution is 5.25. The van der Waals surface area contributed by atoms with E-state index in [0.29, 0.717) is 12.8 Å². The highest BCUT2D eigenvalue weighted by Gasteiger charge is 2.10. The minimum Gasteiger partial charge on any atom is -0.493 e. The van der Waals surface area contributed by atoms with E-state index in [-0.39, 0.29) is 24.1 Å². The lowest BCUT2D eigenvalue weighted by molar-refractivity contribution is 0.302. The van der Waals surface area contributed by atoms with E-state index in [4.69, 9.17) is 10.00 Å². The number of nitriles is 1. The maximum Gasteiger partial charge on any atom is 0.162 e. The van der Waals surface area contributed by atoms with Gasteiger partial charge in [0.05, 0.1) is 18.6 Å². The number of rotatable bonds is 6. The highest BCUT2D eigenvalue weighted by atomic mass is 19.2. The Bertz CT molecular complexity index is 665. The Balaban J connectivity index is 1.83. The summed E-state index contributed by atoms with van der Waals surface area (Å²) >= 11 is 0. The maximum atomic E-state index is 13.0. The van der Waals surface area contributed by atoms with Crippen molar-refractivity contribution in [1.82, 2.24) is 0 Å². The number of halogens is 3. The molecule has 0 saturated heterocycles. The van der Waals surface area contributed by atoms with Crippen LogP contribution in [-0.4, -0.2) is 6.61 Å². The molecule has 0 fully saturated rings. The van der Waals surface area contributed by atoms with Crippen LogP contribution < -0.4 is 4.74 Å². The van der Waals surface area contributed by atoms with Crippen molar-refractivity contribution < 1.29 is 17.9 Å². The molecule has 0 amide bonds. The predicted molar refractivity (Wildman–Crippen MR) is 75.8 cm³/mol. The van der Waals surface area contributed by atoms with Crippen LogP contribution in [0.2, 0.25) is 0 Å². The van der Waals surface area contributed by atoms with Crippen LogP contribution in [-0.2, 0) is 0 Å². The number of hydrogen-bond donors (Lipinski definition) is 0. The van der Waals surface area contributed by atoms with E-state index < -0.39 is 11.6 Å². The van der Waals surface area contributed by atoms with E-state index >= 15 is 0 Å². The molecule has 0 heterocycles. The van der Waals surface area contributed by atoms with E-state index in [0.717, 1.165) is 17.7 Å². The summed E-state index contributed by atoms with van der Waals surface area (Å²) in [5, 5.41) is 9.16. The third-order valence-corrected chi connectivity index (χ3v) is 3.23. The Labute approximate surface area is 126 Å². The van der Waals surface area contributed by atoms with Crippen molar-refractivity contribution in [2.45, 2.75) is 18.8 Å². The molecule has 1 atom stereocenters. The fourth-order valence-electron chi connectivity index (χ4n) is 2.04. The fraction of sp³-hybridized carbons (Fsp3) is 0.235. The summed E-state index contributed by atoms with van der Waals surface area (Å²) in [4.78, 5) is 0. The predicted octanol–water partition coefficient (Wildman–Crippen LogP) is 4.57. The second-order valence-corrected chi connectivity index (χ2v) is 4.80. The van der Waals surface area contributed by atoms with E-state index in [9.17, 15) is 13.2 Å². The van der Waals surface area contributed by atoms with Crippen molar-refractivity contribution in [3.8, 4) is 11.8 Å². The van der Waals surface area contributed by atoms with Crippen LogP contribution in [0.3, 0.4) is 0 Å². The summed E-state index contributed by atoms with van der Waals surface area (Å²) in [6, 6.07) is 11.3. The molecular formula is C17H14F3NO. The molecule has 0 aliphatic heterocycles. The Kier molecular flexibility index (Phi) is 5.42. The normalized spacial score (nSPS) is 11.7. The summed E-state index contributed by atoms with van der Waals surface area (Å²) < 4.78 is 43.9. The SMILES string of the molecule is N#CC(CCCOc1ccc(F)c(F)c1)c1ccc(F)cc1. The van der Waals surface area contributed by atoms with Gasteiger partial charge in [-0.15, -0.1) is 0 Å². The molecule has 0 aliphatic rings. The van der Waals surface area contributed by atoms with Crippen LogP contribution in [0.25, 0.3) is 0 Å². The highest BCUT2D eigenvalue weighted by Crippen LogP contribution is 2.21. The first-order chi connectivity index (χ1) is 10.6. The summed E-state index contributed by atoms with van der Waals surface area (Å²) in [5.41, 5.74) is 0.747. The van der Waals surface area contributed by atoms with Gasteiger partial charge in [0, 0.05) is 6.07 Å². The van der Waals surface area contributed by atoms with Gasteiger partial charge < -0.3 is 4.74 Å². The molecule has 0 bridgehead atoms. The third kappa shape index (κ3) is 4.26. The van der Waals surface area contributed by atoms with Crippen LogP contribution >= 0.6 is 0 Å². The van der Waals surface area contributed by atoms with Gasteiger partial charge in [0.25, 0.3) is 0 Å². The maximum absolute atomic E-state index is 13.0. The number of ether oxygens (including phenoxy) is 1. The molecule has 2 aromatic carbocycles. The Hall–Kier alpha value is -2.48. The molecule has 1 unspecified atom stereocenters. The molecule has 0 aliphatic carbocycles. The van der Waals surface area contributed by atoms with Gasteiger partial charge in [0.15, 0.2) is 11.6 Å². The first kappa shape index (κ1) is 15.9. The van der Waals surface area contributed by atoms with E-state index in [1.54, 1.807) is 12.1 Å². The molecule has 2 rings (SSSR count). The average Bonchev–Trinajstić information content (AvgIpc) is 2.52. The largest absolute Gasteiger partial charge is 0.493 e. The monoisotopic (exact) mass is 305 g/mol. The number of hydrogen-bond acceptors (Lipinski definition) is 2. The van der Waals surface area contributed by atoms with Gasteiger partial charge in [0.1, 0.15) is 11.6 Å². The van der Waals surface area contributed by atoms with Crippen LogP contribution in [0, 0.1) is 28.8 Å². The van der Waals surface area contributed by atoms with Gasteiger partial charge >= 0.3 is 0 Å². The molecular weight excluding hydrogens is 291 g/mol. The van der Waals surface area contributed by atoms with Crippen LogP contribution in [0.1, 0.15) is 24.3 Å². The quantitative estimate of drug-likeness (QED) is 0.732. The van der Waals surface area contributed by atoms with E-state index in [2.05, 4.69) is 6.07 Å². The van der Waals surface area contributed by atoms with Crippen molar-refractivity contribution in [3.63, 3.8) is 0 Å². The van der Waals surface area contributed by atoms with E-state index in [1.807, 2.05) is 0 Å². The second-order valence-electron chi connectivity index (χ2n) is 4.80. The standard InChI is InChI=1S/C17H14F3NO/c18-14-5-3-12(4-6-14)13(11-21)2-1-9-22-15-7-8-16(19)17(20)10-15/h3-8,10,13H,1-2,9H2. The van der Waals surface area contributed by atoms with Crippen molar-refractivity contribution in [2.75, 3.05) is 6.61 Å². The van der Waals surface area contributed by atoms with Gasteiger partial charge in [-0.1, -0.05) is 12.1 Å². The minimum absolute atomic E-state index is 0.245. The van der Waals surface area contributed by atoms with Crippen molar-refractivity contribution in [1.29, 1.82) is 5.26 Å². The molecule has 114 valence electrons. The van der Waals surface area contributed by atoms with Crippen LogP contribution in [0.4, 0.5) is 13.2 Å². The zero-order chi connectivity index (χ0) is 15.9. The van der Waals surface area contributed by atoms with Gasteiger partial charge in [-0.3, -0.25) is 0 Å². The minimum atomic E-state index is -0.960. The first-order valence-corrected chi connectivity index (χ1v) is 6.83. The van der Waals surface area contributed by atoms with Gasteiger partial charge in [-0.05, 0) is 42.7 Å². The zero-order valence-electron chi connectivity index (χ0n) is 11.7. The molecule has 5 heteroatoms. The average molecular weight is 305 g/mol. The fourth-order valence-corrected chi connectivity index (χ4v) is 2.04. The molecule has 2 aromatic rings. The molecule has 2 nitrogen and oxygen atoms in total. The molecule has 0 N–H and O–H groups in total. The molecule has 0 saturated carbocycles. The summed E-state index contributed by atoms with van der Waals surface area (Å²) in [6.07, 6.45) is 1.10. The lowest BCUT2D eigenvalue weighted by Crippen LogP contribution is -2.02. The molecule has 0 radical (unpaired) electrons. The first-order valence-electron chi connectivity index (χ1n) is 6.83. The smallest absolute Gasteiger partial charge is 0.162 e. The second kappa shape index (κ2) is 7.51. The molecule has 0 aromatic heterocycles. The van der Waals surface area contributed by atoms with Crippen molar-refractivity contribution in [3.05, 3.63) is 65.5 Å².